The lowest BCUT2D eigenvalue weighted by Gasteiger charge is -2.42. The highest BCUT2D eigenvalue weighted by atomic mass is 32.1. The third-order valence-corrected chi connectivity index (χ3v) is 6.20. The van der Waals surface area contributed by atoms with Crippen molar-refractivity contribution in [3.63, 3.8) is 0 Å². The maximum atomic E-state index is 13.3. The zero-order valence-electron chi connectivity index (χ0n) is 16.8. The number of H-pyrrole nitrogens is 1. The van der Waals surface area contributed by atoms with Gasteiger partial charge in [-0.3, -0.25) is 10.1 Å². The molecular weight excluding hydrogens is 386 g/mol. The van der Waals surface area contributed by atoms with Crippen LogP contribution in [0.4, 0.5) is 0 Å². The van der Waals surface area contributed by atoms with Crippen molar-refractivity contribution >= 4 is 29.4 Å². The van der Waals surface area contributed by atoms with E-state index in [-0.39, 0.29) is 16.8 Å². The molecule has 8 heteroatoms. The van der Waals surface area contributed by atoms with E-state index in [0.29, 0.717) is 30.6 Å². The van der Waals surface area contributed by atoms with Crippen molar-refractivity contribution in [3.8, 4) is 0 Å². The molecule has 2 aromatic heterocycles. The summed E-state index contributed by atoms with van der Waals surface area (Å²) >= 11 is 4.93. The lowest BCUT2D eigenvalue weighted by atomic mass is 9.89. The van der Waals surface area contributed by atoms with Gasteiger partial charge in [-0.05, 0) is 44.7 Å². The van der Waals surface area contributed by atoms with Crippen LogP contribution in [0, 0.1) is 6.92 Å². The first-order chi connectivity index (χ1) is 14.0. The molecule has 2 atom stereocenters. The SMILES string of the molecule is CCN(C(=O)c1cc2ccccc2[nH]1)[C@H]1CCCC(S)(NCc2nnc(C)o2)C1. The number of carbonyl (C=O) groups excluding carboxylic acids is 1. The summed E-state index contributed by atoms with van der Waals surface area (Å²) in [6.45, 7) is 4.94. The largest absolute Gasteiger partial charge is 0.424 e. The van der Waals surface area contributed by atoms with Crippen LogP contribution in [0.25, 0.3) is 10.9 Å². The van der Waals surface area contributed by atoms with Gasteiger partial charge in [0.2, 0.25) is 11.8 Å². The van der Waals surface area contributed by atoms with Crippen molar-refractivity contribution in [1.82, 2.24) is 25.4 Å². The van der Waals surface area contributed by atoms with E-state index in [2.05, 4.69) is 20.5 Å². The average Bonchev–Trinajstić information content (AvgIpc) is 3.33. The summed E-state index contributed by atoms with van der Waals surface area (Å²) in [6.07, 6.45) is 3.67. The van der Waals surface area contributed by atoms with Crippen LogP contribution in [-0.2, 0) is 6.54 Å². The van der Waals surface area contributed by atoms with Crippen LogP contribution in [0.3, 0.4) is 0 Å². The number of hydrogen-bond acceptors (Lipinski definition) is 6. The van der Waals surface area contributed by atoms with Crippen LogP contribution in [0.15, 0.2) is 34.7 Å². The molecule has 1 saturated carbocycles. The molecule has 0 aliphatic heterocycles. The number of hydrogen-bond donors (Lipinski definition) is 3. The van der Waals surface area contributed by atoms with E-state index in [0.717, 1.165) is 36.6 Å². The quantitative estimate of drug-likeness (QED) is 0.424. The van der Waals surface area contributed by atoms with Crippen molar-refractivity contribution in [3.05, 3.63) is 47.8 Å². The molecule has 0 radical (unpaired) electrons. The summed E-state index contributed by atoms with van der Waals surface area (Å²) in [6, 6.07) is 10.0. The summed E-state index contributed by atoms with van der Waals surface area (Å²) in [4.78, 5) is 18.1. The Hall–Kier alpha value is -2.32. The van der Waals surface area contributed by atoms with Gasteiger partial charge in [-0.2, -0.15) is 12.6 Å². The predicted octanol–water partition coefficient (Wildman–Crippen LogP) is 3.68. The number of fused-ring (bicyclic) bond motifs is 1. The van der Waals surface area contributed by atoms with Crippen molar-refractivity contribution in [2.24, 2.45) is 0 Å². The third kappa shape index (κ3) is 4.33. The van der Waals surface area contributed by atoms with Crippen molar-refractivity contribution in [1.29, 1.82) is 0 Å². The van der Waals surface area contributed by atoms with Crippen LogP contribution >= 0.6 is 12.6 Å². The Labute approximate surface area is 175 Å². The molecule has 0 saturated heterocycles. The third-order valence-electron chi connectivity index (χ3n) is 5.64. The molecule has 1 aliphatic carbocycles. The number of nitrogens with zero attached hydrogens (tertiary/aromatic N) is 3. The van der Waals surface area contributed by atoms with E-state index >= 15 is 0 Å². The van der Waals surface area contributed by atoms with Gasteiger partial charge in [0.25, 0.3) is 5.91 Å². The minimum atomic E-state index is -0.376. The Bertz CT molecular complexity index is 967. The summed E-state index contributed by atoms with van der Waals surface area (Å²) in [5.41, 5.74) is 1.62. The van der Waals surface area contributed by atoms with Gasteiger partial charge in [0.15, 0.2) is 0 Å². The fourth-order valence-corrected chi connectivity index (χ4v) is 4.66. The fraction of sp³-hybridized carbons (Fsp3) is 0.476. The Kier molecular flexibility index (Phi) is 5.65. The lowest BCUT2D eigenvalue weighted by molar-refractivity contribution is 0.0610. The molecule has 2 N–H and O–H groups in total. The van der Waals surface area contributed by atoms with Crippen LogP contribution < -0.4 is 5.32 Å². The normalized spacial score (nSPS) is 22.1. The van der Waals surface area contributed by atoms with Gasteiger partial charge in [0.05, 0.1) is 11.4 Å². The smallest absolute Gasteiger partial charge is 0.270 e. The van der Waals surface area contributed by atoms with Gasteiger partial charge in [0.1, 0.15) is 5.69 Å². The number of aromatic nitrogens is 3. The van der Waals surface area contributed by atoms with E-state index in [1.807, 2.05) is 42.2 Å². The number of aromatic amines is 1. The molecule has 0 bridgehead atoms. The maximum absolute atomic E-state index is 13.3. The van der Waals surface area contributed by atoms with Crippen molar-refractivity contribution in [2.45, 2.75) is 57.0 Å². The number of amides is 1. The second-order valence-electron chi connectivity index (χ2n) is 7.71. The van der Waals surface area contributed by atoms with Gasteiger partial charge in [0, 0.05) is 30.4 Å². The van der Waals surface area contributed by atoms with Crippen LogP contribution in [-0.4, -0.2) is 43.4 Å². The zero-order valence-corrected chi connectivity index (χ0v) is 17.7. The Balaban J connectivity index is 1.46. The highest BCUT2D eigenvalue weighted by Gasteiger charge is 2.37. The molecule has 154 valence electrons. The second-order valence-corrected chi connectivity index (χ2v) is 8.57. The molecule has 7 nitrogen and oxygen atoms in total. The molecule has 2 heterocycles. The molecule has 0 spiro atoms. The monoisotopic (exact) mass is 413 g/mol. The first-order valence-corrected chi connectivity index (χ1v) is 10.6. The van der Waals surface area contributed by atoms with E-state index in [1.165, 1.54) is 0 Å². The molecule has 1 unspecified atom stereocenters. The van der Waals surface area contributed by atoms with Crippen molar-refractivity contribution in [2.75, 3.05) is 6.54 Å². The van der Waals surface area contributed by atoms with E-state index in [1.54, 1.807) is 6.92 Å². The van der Waals surface area contributed by atoms with Gasteiger partial charge < -0.3 is 14.3 Å². The molecule has 1 aliphatic rings. The molecule has 4 rings (SSSR count). The second kappa shape index (κ2) is 8.20. The average molecular weight is 414 g/mol. The van der Waals surface area contributed by atoms with E-state index in [4.69, 9.17) is 17.0 Å². The molecule has 29 heavy (non-hydrogen) atoms. The van der Waals surface area contributed by atoms with E-state index < -0.39 is 0 Å². The van der Waals surface area contributed by atoms with Crippen LogP contribution in [0.2, 0.25) is 0 Å². The lowest BCUT2D eigenvalue weighted by Crippen LogP contribution is -2.51. The van der Waals surface area contributed by atoms with Gasteiger partial charge in [-0.1, -0.05) is 18.2 Å². The summed E-state index contributed by atoms with van der Waals surface area (Å²) in [7, 11) is 0. The number of nitrogens with one attached hydrogen (secondary N) is 2. The number of carbonyl (C=O) groups is 1. The van der Waals surface area contributed by atoms with Gasteiger partial charge >= 0.3 is 0 Å². The Morgan fingerprint density at radius 2 is 2.24 bits per heavy atom. The summed E-state index contributed by atoms with van der Waals surface area (Å²) < 4.78 is 5.45. The number of benzene rings is 1. The highest BCUT2D eigenvalue weighted by molar-refractivity contribution is 7.81. The standard InChI is InChI=1S/C21H27N5O2S/c1-3-26(20(27)18-11-15-7-4-5-9-17(15)23-18)16-8-6-10-21(29,12-16)22-13-19-25-24-14(2)28-19/h4-5,7,9,11,16,22-23,29H,3,6,8,10,12-13H2,1-2H3/t16-,21?/m0/s1. The summed E-state index contributed by atoms with van der Waals surface area (Å²) in [5, 5.41) is 12.4. The molecule has 1 amide bonds. The van der Waals surface area contributed by atoms with E-state index in [9.17, 15) is 4.79 Å². The predicted molar refractivity (Wildman–Crippen MR) is 115 cm³/mol. The molecular formula is C21H27N5O2S. The Morgan fingerprint density at radius 3 is 2.97 bits per heavy atom. The molecule has 1 aromatic carbocycles. The Morgan fingerprint density at radius 1 is 1.41 bits per heavy atom. The van der Waals surface area contributed by atoms with Gasteiger partial charge in [-0.15, -0.1) is 10.2 Å². The number of para-hydroxylation sites is 1. The zero-order chi connectivity index (χ0) is 20.4. The fourth-order valence-electron chi connectivity index (χ4n) is 4.21. The summed E-state index contributed by atoms with van der Waals surface area (Å²) in [5.74, 6) is 1.15. The van der Waals surface area contributed by atoms with Crippen molar-refractivity contribution < 1.29 is 9.21 Å². The highest BCUT2D eigenvalue weighted by Crippen LogP contribution is 2.35. The van der Waals surface area contributed by atoms with Crippen LogP contribution in [0.1, 0.15) is 54.9 Å². The first-order valence-electron chi connectivity index (χ1n) is 10.1. The minimum absolute atomic E-state index is 0.0406. The molecule has 1 fully saturated rings. The number of thiol groups is 1. The number of rotatable bonds is 6. The van der Waals surface area contributed by atoms with Gasteiger partial charge in [-0.25, -0.2) is 0 Å². The topological polar surface area (TPSA) is 87.0 Å². The maximum Gasteiger partial charge on any atom is 0.270 e. The molecule has 3 aromatic rings. The number of aryl methyl sites for hydroxylation is 1. The minimum Gasteiger partial charge on any atom is -0.424 e. The first kappa shape index (κ1) is 20.0. The van der Waals surface area contributed by atoms with Crippen LogP contribution in [0.5, 0.6) is 0 Å².